The van der Waals surface area contributed by atoms with E-state index in [0.717, 1.165) is 74.2 Å². The van der Waals surface area contributed by atoms with Gasteiger partial charge in [-0.1, -0.05) is 73.2 Å². The number of hydrogen-bond acceptors (Lipinski definition) is 5. The molecule has 7 rings (SSSR count). The van der Waals surface area contributed by atoms with E-state index in [0.29, 0.717) is 12.0 Å². The summed E-state index contributed by atoms with van der Waals surface area (Å²) >= 11 is 0. The second-order valence-electron chi connectivity index (χ2n) is 14.2. The van der Waals surface area contributed by atoms with Crippen molar-refractivity contribution in [1.29, 1.82) is 0 Å². The van der Waals surface area contributed by atoms with Crippen LogP contribution in [0.15, 0.2) is 89.5 Å². The molecule has 2 saturated heterocycles. The molecule has 3 unspecified atom stereocenters. The summed E-state index contributed by atoms with van der Waals surface area (Å²) in [6.45, 7) is 3.00. The second kappa shape index (κ2) is 12.0. The van der Waals surface area contributed by atoms with Crippen molar-refractivity contribution in [2.75, 3.05) is 27.2 Å². The quantitative estimate of drug-likeness (QED) is 0.119. The third-order valence-corrected chi connectivity index (χ3v) is 11.7. The normalized spacial score (nSPS) is 33.9. The summed E-state index contributed by atoms with van der Waals surface area (Å²) < 4.78 is 63.2. The van der Waals surface area contributed by atoms with Crippen molar-refractivity contribution in [3.05, 3.63) is 101 Å². The number of allylic oxidation sites excluding steroid dienone is 1. The van der Waals surface area contributed by atoms with Crippen molar-refractivity contribution in [3.8, 4) is 0 Å². The van der Waals surface area contributed by atoms with Crippen molar-refractivity contribution < 1.29 is 41.5 Å². The van der Waals surface area contributed by atoms with Gasteiger partial charge < -0.3 is 24.0 Å². The standard InChI is InChI=1S/C38H41F3N2O5/c1-24(44)47-33(26-13-8-5-9-14-26)32(38(39,40)41)35(45)42-37(46-3)19-17-27-23-29-28-15-10-16-30-36(28,31(27)34(37)48-30)20-22-43(29,2)21-18-25-11-6-4-7-12-25/h4-9,11-14,17,19,28-30,34H,10,15-16,18,20-23H2,1-3H3/p+1/t28-,29+,30-,34?,36+,37?,43?/m0/s1. The maximum absolute atomic E-state index is 14.8. The number of nitrogens with zero attached hydrogens (tertiary/aromatic N) is 1. The predicted octanol–water partition coefficient (Wildman–Crippen LogP) is 6.27. The fourth-order valence-corrected chi connectivity index (χ4v) is 9.55. The minimum Gasteiger partial charge on any atom is -0.425 e. The minimum atomic E-state index is -5.15. The number of alkyl halides is 3. The highest BCUT2D eigenvalue weighted by molar-refractivity contribution is 6.03. The molecule has 0 aromatic heterocycles. The fraction of sp³-hybridized carbons (Fsp3) is 0.474. The van der Waals surface area contributed by atoms with Gasteiger partial charge in [-0.15, -0.1) is 0 Å². The number of rotatable bonds is 8. The number of carbonyl (C=O) groups is 2. The lowest BCUT2D eigenvalue weighted by molar-refractivity contribution is -0.945. The van der Waals surface area contributed by atoms with Gasteiger partial charge >= 0.3 is 12.1 Å². The maximum atomic E-state index is 14.8. The first kappa shape index (κ1) is 32.8. The van der Waals surface area contributed by atoms with Crippen LogP contribution in [0.3, 0.4) is 0 Å². The van der Waals surface area contributed by atoms with E-state index in [9.17, 15) is 22.8 Å². The van der Waals surface area contributed by atoms with Gasteiger partial charge in [0.15, 0.2) is 17.1 Å². The molecule has 2 heterocycles. The first-order chi connectivity index (χ1) is 22.9. The number of carbonyl (C=O) groups excluding carboxylic acids is 2. The molecule has 0 radical (unpaired) electrons. The van der Waals surface area contributed by atoms with E-state index in [1.165, 1.54) is 36.9 Å². The Morgan fingerprint density at radius 1 is 1.06 bits per heavy atom. The minimum absolute atomic E-state index is 0.0512. The highest BCUT2D eigenvalue weighted by Crippen LogP contribution is 2.67. The van der Waals surface area contributed by atoms with Crippen molar-refractivity contribution >= 4 is 17.6 Å². The molecule has 2 aromatic rings. The van der Waals surface area contributed by atoms with Gasteiger partial charge in [-0.25, -0.2) is 0 Å². The molecule has 254 valence electrons. The first-order valence-corrected chi connectivity index (χ1v) is 16.8. The van der Waals surface area contributed by atoms with E-state index >= 15 is 0 Å². The van der Waals surface area contributed by atoms with Crippen LogP contribution in [0.1, 0.15) is 50.2 Å². The van der Waals surface area contributed by atoms with Gasteiger partial charge in [0.05, 0.1) is 32.3 Å². The Kier molecular flexibility index (Phi) is 8.20. The van der Waals surface area contributed by atoms with E-state index < -0.39 is 41.2 Å². The Hall–Kier alpha value is -3.73. The lowest BCUT2D eigenvalue weighted by Crippen LogP contribution is -2.69. The summed E-state index contributed by atoms with van der Waals surface area (Å²) in [7, 11) is 3.76. The number of amides is 1. The van der Waals surface area contributed by atoms with E-state index in [1.807, 2.05) is 12.1 Å². The molecule has 5 aliphatic rings. The Labute approximate surface area is 279 Å². The molecule has 3 aliphatic carbocycles. The largest absolute Gasteiger partial charge is 0.425 e. The lowest BCUT2D eigenvalue weighted by atomic mass is 9.50. The number of likely N-dealkylation sites (tertiary alicyclic amines) is 1. The van der Waals surface area contributed by atoms with Crippen LogP contribution in [-0.2, 0) is 30.2 Å². The zero-order valence-electron chi connectivity index (χ0n) is 27.5. The van der Waals surface area contributed by atoms with Gasteiger partial charge in [0.2, 0.25) is 0 Å². The Morgan fingerprint density at radius 2 is 1.77 bits per heavy atom. The maximum Gasteiger partial charge on any atom is 0.425 e. The van der Waals surface area contributed by atoms with Crippen LogP contribution in [0.2, 0.25) is 0 Å². The third kappa shape index (κ3) is 5.24. The molecule has 10 heteroatoms. The number of esters is 1. The SMILES string of the molecule is COC1(NC(=O)C(=C(OC(C)=O)c2ccccc2)C(F)(F)F)C=CC2=C3C1O[C@H]1CCC[C@H]4[C@@H](C2)[N+](C)(CCc2ccccc2)CC[C@]314. The van der Waals surface area contributed by atoms with Gasteiger partial charge in [0.1, 0.15) is 6.10 Å². The van der Waals surface area contributed by atoms with E-state index in [4.69, 9.17) is 14.2 Å². The predicted molar refractivity (Wildman–Crippen MR) is 173 cm³/mol. The van der Waals surface area contributed by atoms with Crippen molar-refractivity contribution in [3.63, 3.8) is 0 Å². The summed E-state index contributed by atoms with van der Waals surface area (Å²) in [6.07, 6.45) is 3.16. The van der Waals surface area contributed by atoms with Crippen LogP contribution in [0.25, 0.3) is 5.76 Å². The van der Waals surface area contributed by atoms with Gasteiger partial charge in [-0.2, -0.15) is 13.2 Å². The Bertz CT molecular complexity index is 1690. The molecule has 1 spiro atoms. The Balaban J connectivity index is 1.25. The smallest absolute Gasteiger partial charge is 0.425 e. The van der Waals surface area contributed by atoms with E-state index in [2.05, 4.69) is 36.6 Å². The molecular formula is C38H42F3N2O5+. The number of nitrogens with one attached hydrogen (secondary N) is 1. The number of likely N-dealkylation sites (N-methyl/N-ethyl adjacent to an activating group) is 1. The monoisotopic (exact) mass is 663 g/mol. The van der Waals surface area contributed by atoms with Crippen molar-refractivity contribution in [2.24, 2.45) is 11.3 Å². The number of halogens is 3. The number of quaternary nitrogens is 1. The molecule has 2 aromatic carbocycles. The molecule has 2 bridgehead atoms. The number of ether oxygens (including phenoxy) is 3. The van der Waals surface area contributed by atoms with Crippen LogP contribution in [0.5, 0.6) is 0 Å². The second-order valence-corrected chi connectivity index (χ2v) is 14.2. The third-order valence-electron chi connectivity index (χ3n) is 11.7. The number of piperidine rings is 1. The van der Waals surface area contributed by atoms with E-state index in [1.54, 1.807) is 12.1 Å². The van der Waals surface area contributed by atoms with Crippen molar-refractivity contribution in [1.82, 2.24) is 5.32 Å². The lowest BCUT2D eigenvalue weighted by Gasteiger charge is -2.61. The molecule has 1 amide bonds. The molecular weight excluding hydrogens is 621 g/mol. The topological polar surface area (TPSA) is 73.9 Å². The summed E-state index contributed by atoms with van der Waals surface area (Å²) in [4.78, 5) is 25.9. The summed E-state index contributed by atoms with van der Waals surface area (Å²) in [6, 6.07) is 18.3. The zero-order chi connectivity index (χ0) is 33.9. The van der Waals surface area contributed by atoms with Gasteiger partial charge in [0.25, 0.3) is 5.91 Å². The van der Waals surface area contributed by atoms with Gasteiger partial charge in [-0.3, -0.25) is 9.59 Å². The van der Waals surface area contributed by atoms with Crippen LogP contribution >= 0.6 is 0 Å². The highest BCUT2D eigenvalue weighted by atomic mass is 19.4. The van der Waals surface area contributed by atoms with Crippen LogP contribution in [0, 0.1) is 11.3 Å². The summed E-state index contributed by atoms with van der Waals surface area (Å²) in [5.41, 5.74) is -0.0797. The molecule has 7 nitrogen and oxygen atoms in total. The van der Waals surface area contributed by atoms with Gasteiger partial charge in [0, 0.05) is 50.2 Å². The van der Waals surface area contributed by atoms with Crippen molar-refractivity contribution in [2.45, 2.75) is 75.6 Å². The average Bonchev–Trinajstić information content (AvgIpc) is 3.42. The molecule has 48 heavy (non-hydrogen) atoms. The molecule has 3 fully saturated rings. The van der Waals surface area contributed by atoms with Crippen LogP contribution in [0.4, 0.5) is 13.2 Å². The average molecular weight is 664 g/mol. The summed E-state index contributed by atoms with van der Waals surface area (Å²) in [5.74, 6) is -2.95. The molecule has 2 aliphatic heterocycles. The van der Waals surface area contributed by atoms with Crippen LogP contribution < -0.4 is 5.32 Å². The molecule has 1 N–H and O–H groups in total. The van der Waals surface area contributed by atoms with Crippen LogP contribution in [-0.4, -0.2) is 73.8 Å². The molecule has 1 saturated carbocycles. The van der Waals surface area contributed by atoms with Gasteiger partial charge in [-0.05, 0) is 35.6 Å². The summed E-state index contributed by atoms with van der Waals surface area (Å²) in [5, 5.41) is 2.60. The Morgan fingerprint density at radius 3 is 2.44 bits per heavy atom. The number of hydrogen-bond donors (Lipinski definition) is 1. The highest BCUT2D eigenvalue weighted by Gasteiger charge is 2.71. The number of methoxy groups -OCH3 is 1. The van der Waals surface area contributed by atoms with E-state index in [-0.39, 0.29) is 17.1 Å². The number of benzene rings is 2. The first-order valence-electron chi connectivity index (χ1n) is 16.8. The molecule has 7 atom stereocenters. The fourth-order valence-electron chi connectivity index (χ4n) is 9.55. The zero-order valence-corrected chi connectivity index (χ0v) is 27.5.